The van der Waals surface area contributed by atoms with E-state index < -0.39 is 5.97 Å². The van der Waals surface area contributed by atoms with Gasteiger partial charge < -0.3 is 15.2 Å². The molecule has 0 atom stereocenters. The number of nitrogens with one attached hydrogen (secondary N) is 1. The summed E-state index contributed by atoms with van der Waals surface area (Å²) in [4.78, 5) is 22.9. The summed E-state index contributed by atoms with van der Waals surface area (Å²) >= 11 is 5.76. The second-order valence-corrected chi connectivity index (χ2v) is 5.08. The van der Waals surface area contributed by atoms with Crippen LogP contribution in [0.1, 0.15) is 15.9 Å². The first-order chi connectivity index (χ1) is 10.5. The molecule has 0 spiro atoms. The Bertz CT molecular complexity index is 698. The Morgan fingerprint density at radius 1 is 1.18 bits per heavy atom. The number of rotatable bonds is 5. The number of carboxylic acid groups (broad SMARTS) is 1. The second kappa shape index (κ2) is 6.95. The summed E-state index contributed by atoms with van der Waals surface area (Å²) in [5.74, 6) is -1.33. The maximum absolute atomic E-state index is 11.8. The van der Waals surface area contributed by atoms with Crippen LogP contribution in [0.4, 0.5) is 5.69 Å². The van der Waals surface area contributed by atoms with Gasteiger partial charge in [0, 0.05) is 10.7 Å². The molecule has 2 rings (SSSR count). The highest BCUT2D eigenvalue weighted by atomic mass is 35.5. The van der Waals surface area contributed by atoms with E-state index in [0.717, 1.165) is 5.56 Å². The summed E-state index contributed by atoms with van der Waals surface area (Å²) < 4.78 is 5.32. The fourth-order valence-corrected chi connectivity index (χ4v) is 1.93. The molecule has 2 aromatic carbocycles. The van der Waals surface area contributed by atoms with Crippen molar-refractivity contribution in [2.24, 2.45) is 0 Å². The Labute approximate surface area is 132 Å². The molecule has 0 saturated heterocycles. The smallest absolute Gasteiger partial charge is 0.339 e. The minimum absolute atomic E-state index is 0.0184. The summed E-state index contributed by atoms with van der Waals surface area (Å²) in [7, 11) is 0. The predicted octanol–water partition coefficient (Wildman–Crippen LogP) is 3.36. The third kappa shape index (κ3) is 4.23. The molecule has 22 heavy (non-hydrogen) atoms. The highest BCUT2D eigenvalue weighted by Crippen LogP contribution is 2.20. The standard InChI is InChI=1S/C16H14ClNO4/c1-10-2-7-13(16(20)21)14(8-10)22-9-15(19)18-12-5-3-11(17)4-6-12/h2-8H,9H2,1H3,(H,18,19)(H,20,21). The lowest BCUT2D eigenvalue weighted by molar-refractivity contribution is -0.118. The number of ether oxygens (including phenoxy) is 1. The van der Waals surface area contributed by atoms with Gasteiger partial charge in [0.05, 0.1) is 0 Å². The number of hydrogen-bond acceptors (Lipinski definition) is 3. The quantitative estimate of drug-likeness (QED) is 0.886. The summed E-state index contributed by atoms with van der Waals surface area (Å²) in [6.07, 6.45) is 0. The van der Waals surface area contributed by atoms with Crippen LogP contribution in [-0.2, 0) is 4.79 Å². The number of carbonyl (C=O) groups is 2. The number of halogens is 1. The van der Waals surface area contributed by atoms with E-state index in [1.54, 1.807) is 36.4 Å². The van der Waals surface area contributed by atoms with E-state index in [2.05, 4.69) is 5.32 Å². The van der Waals surface area contributed by atoms with E-state index >= 15 is 0 Å². The minimum atomic E-state index is -1.10. The Morgan fingerprint density at radius 2 is 1.86 bits per heavy atom. The molecule has 0 unspecified atom stereocenters. The predicted molar refractivity (Wildman–Crippen MR) is 83.7 cm³/mol. The van der Waals surface area contributed by atoms with Crippen molar-refractivity contribution >= 4 is 29.2 Å². The van der Waals surface area contributed by atoms with Crippen LogP contribution in [0, 0.1) is 6.92 Å². The largest absolute Gasteiger partial charge is 0.483 e. The van der Waals surface area contributed by atoms with Gasteiger partial charge in [-0.25, -0.2) is 4.79 Å². The van der Waals surface area contributed by atoms with Crippen LogP contribution in [0.25, 0.3) is 0 Å². The van der Waals surface area contributed by atoms with E-state index in [0.29, 0.717) is 10.7 Å². The number of hydrogen-bond donors (Lipinski definition) is 2. The van der Waals surface area contributed by atoms with E-state index in [-0.39, 0.29) is 23.8 Å². The van der Waals surface area contributed by atoms with Crippen molar-refractivity contribution in [3.63, 3.8) is 0 Å². The summed E-state index contributed by atoms with van der Waals surface area (Å²) in [6.45, 7) is 1.53. The van der Waals surface area contributed by atoms with Gasteiger partial charge in [-0.2, -0.15) is 0 Å². The molecule has 5 nitrogen and oxygen atoms in total. The van der Waals surface area contributed by atoms with Crippen molar-refractivity contribution in [3.8, 4) is 5.75 Å². The van der Waals surface area contributed by atoms with Crippen molar-refractivity contribution in [3.05, 3.63) is 58.6 Å². The number of carbonyl (C=O) groups excluding carboxylic acids is 1. The van der Waals surface area contributed by atoms with Crippen molar-refractivity contribution in [1.82, 2.24) is 0 Å². The lowest BCUT2D eigenvalue weighted by Gasteiger charge is -2.10. The molecule has 0 bridgehead atoms. The fraction of sp³-hybridized carbons (Fsp3) is 0.125. The SMILES string of the molecule is Cc1ccc(C(=O)O)c(OCC(=O)Nc2ccc(Cl)cc2)c1. The van der Waals surface area contributed by atoms with Crippen molar-refractivity contribution in [2.75, 3.05) is 11.9 Å². The first kappa shape index (κ1) is 15.9. The summed E-state index contributed by atoms with van der Waals surface area (Å²) in [5.41, 5.74) is 1.45. The van der Waals surface area contributed by atoms with Gasteiger partial charge in [-0.15, -0.1) is 0 Å². The first-order valence-electron chi connectivity index (χ1n) is 6.48. The summed E-state index contributed by atoms with van der Waals surface area (Å²) in [5, 5.41) is 12.3. The average Bonchev–Trinajstić information content (AvgIpc) is 2.47. The van der Waals surface area contributed by atoms with Crippen LogP contribution in [0.3, 0.4) is 0 Å². The van der Waals surface area contributed by atoms with Crippen LogP contribution < -0.4 is 10.1 Å². The van der Waals surface area contributed by atoms with E-state index in [1.807, 2.05) is 6.92 Å². The van der Waals surface area contributed by atoms with Crippen LogP contribution in [0.2, 0.25) is 5.02 Å². The zero-order valence-corrected chi connectivity index (χ0v) is 12.6. The Kier molecular flexibility index (Phi) is 5.01. The first-order valence-corrected chi connectivity index (χ1v) is 6.85. The third-order valence-corrected chi connectivity index (χ3v) is 3.11. The molecule has 0 aliphatic rings. The molecule has 2 N–H and O–H groups in total. The number of amides is 1. The van der Waals surface area contributed by atoms with Crippen LogP contribution in [0.5, 0.6) is 5.75 Å². The van der Waals surface area contributed by atoms with Gasteiger partial charge in [-0.1, -0.05) is 17.7 Å². The van der Waals surface area contributed by atoms with Crippen molar-refractivity contribution in [1.29, 1.82) is 0 Å². The molecular formula is C16H14ClNO4. The van der Waals surface area contributed by atoms with E-state index in [1.165, 1.54) is 6.07 Å². The molecule has 1 amide bonds. The molecule has 0 radical (unpaired) electrons. The normalized spacial score (nSPS) is 10.1. The van der Waals surface area contributed by atoms with Crippen LogP contribution >= 0.6 is 11.6 Å². The van der Waals surface area contributed by atoms with Crippen LogP contribution in [0.15, 0.2) is 42.5 Å². The highest BCUT2D eigenvalue weighted by molar-refractivity contribution is 6.30. The zero-order chi connectivity index (χ0) is 16.1. The van der Waals surface area contributed by atoms with E-state index in [4.69, 9.17) is 21.4 Å². The maximum Gasteiger partial charge on any atom is 0.339 e. The Balaban J connectivity index is 2.00. The molecule has 2 aromatic rings. The molecule has 6 heteroatoms. The number of aryl methyl sites for hydroxylation is 1. The van der Waals surface area contributed by atoms with Gasteiger partial charge in [0.2, 0.25) is 0 Å². The van der Waals surface area contributed by atoms with Gasteiger partial charge in [-0.05, 0) is 48.9 Å². The molecule has 0 aliphatic heterocycles. The third-order valence-electron chi connectivity index (χ3n) is 2.85. The molecule has 114 valence electrons. The maximum atomic E-state index is 11.8. The van der Waals surface area contributed by atoms with Gasteiger partial charge in [0.1, 0.15) is 11.3 Å². The second-order valence-electron chi connectivity index (χ2n) is 4.65. The van der Waals surface area contributed by atoms with Gasteiger partial charge in [0.15, 0.2) is 6.61 Å². The molecule has 0 heterocycles. The van der Waals surface area contributed by atoms with Gasteiger partial charge in [-0.3, -0.25) is 4.79 Å². The topological polar surface area (TPSA) is 75.6 Å². The minimum Gasteiger partial charge on any atom is -0.483 e. The highest BCUT2D eigenvalue weighted by Gasteiger charge is 2.13. The Hall–Kier alpha value is -2.53. The molecule has 0 aliphatic carbocycles. The van der Waals surface area contributed by atoms with E-state index in [9.17, 15) is 9.59 Å². The van der Waals surface area contributed by atoms with Crippen molar-refractivity contribution < 1.29 is 19.4 Å². The fourth-order valence-electron chi connectivity index (χ4n) is 1.80. The molecule has 0 aromatic heterocycles. The molecule has 0 saturated carbocycles. The van der Waals surface area contributed by atoms with Crippen LogP contribution in [-0.4, -0.2) is 23.6 Å². The van der Waals surface area contributed by atoms with Crippen molar-refractivity contribution in [2.45, 2.75) is 6.92 Å². The molecule has 0 fully saturated rings. The van der Waals surface area contributed by atoms with Gasteiger partial charge >= 0.3 is 5.97 Å². The number of anilines is 1. The summed E-state index contributed by atoms with van der Waals surface area (Å²) in [6, 6.07) is 11.3. The lowest BCUT2D eigenvalue weighted by atomic mass is 10.1. The number of carboxylic acids is 1. The monoisotopic (exact) mass is 319 g/mol. The Morgan fingerprint density at radius 3 is 2.50 bits per heavy atom. The zero-order valence-electron chi connectivity index (χ0n) is 11.8. The lowest BCUT2D eigenvalue weighted by Crippen LogP contribution is -2.20. The number of benzene rings is 2. The molecular weight excluding hydrogens is 306 g/mol. The average molecular weight is 320 g/mol. The number of aromatic carboxylic acids is 1. The van der Waals surface area contributed by atoms with Gasteiger partial charge in [0.25, 0.3) is 5.91 Å².